The summed E-state index contributed by atoms with van der Waals surface area (Å²) in [6, 6.07) is 11.4. The number of aliphatic imine (C=N–C) groups is 1. The van der Waals surface area contributed by atoms with E-state index in [2.05, 4.69) is 10.3 Å². The summed E-state index contributed by atoms with van der Waals surface area (Å²) in [5.41, 5.74) is 2.10. The van der Waals surface area contributed by atoms with Gasteiger partial charge in [-0.25, -0.2) is 4.99 Å². The molecule has 0 fully saturated rings. The number of carbonyl (C=O) groups excluding carboxylic acids is 2. The zero-order valence-corrected chi connectivity index (χ0v) is 17.1. The van der Waals surface area contributed by atoms with Crippen LogP contribution in [0, 0.1) is 0 Å². The number of thioether (sulfide) groups is 2. The van der Waals surface area contributed by atoms with Crippen molar-refractivity contribution in [3.05, 3.63) is 54.1 Å². The van der Waals surface area contributed by atoms with Crippen LogP contribution in [0.15, 0.2) is 53.5 Å². The van der Waals surface area contributed by atoms with Gasteiger partial charge < -0.3 is 5.32 Å². The maximum atomic E-state index is 13.8. The van der Waals surface area contributed by atoms with Crippen LogP contribution in [0.25, 0.3) is 0 Å². The highest BCUT2D eigenvalue weighted by Gasteiger charge is 2.48. The molecule has 0 aromatic heterocycles. The number of fused-ring (bicyclic) bond motifs is 2. The van der Waals surface area contributed by atoms with Gasteiger partial charge in [0.25, 0.3) is 0 Å². The highest BCUT2D eigenvalue weighted by molar-refractivity contribution is 8.38. The van der Waals surface area contributed by atoms with E-state index in [0.29, 0.717) is 15.0 Å². The molecule has 2 aromatic rings. The minimum absolute atomic E-state index is 0.0415. The van der Waals surface area contributed by atoms with Crippen LogP contribution in [-0.4, -0.2) is 34.2 Å². The average molecular weight is 451 g/mol. The van der Waals surface area contributed by atoms with E-state index in [9.17, 15) is 22.8 Å². The van der Waals surface area contributed by atoms with E-state index < -0.39 is 30.5 Å². The Bertz CT molecular complexity index is 1030. The third-order valence-corrected chi connectivity index (χ3v) is 6.88. The van der Waals surface area contributed by atoms with Crippen LogP contribution in [0.1, 0.15) is 12.0 Å². The number of anilines is 2. The smallest absolute Gasteiger partial charge is 0.324 e. The largest absolute Gasteiger partial charge is 0.409 e. The van der Waals surface area contributed by atoms with Crippen molar-refractivity contribution >= 4 is 56.8 Å². The molecule has 0 bridgehead atoms. The van der Waals surface area contributed by atoms with E-state index >= 15 is 0 Å². The maximum absolute atomic E-state index is 13.8. The number of alkyl halides is 3. The first-order valence-electron chi connectivity index (χ1n) is 9.03. The molecule has 10 heteroatoms. The van der Waals surface area contributed by atoms with Crippen molar-refractivity contribution < 1.29 is 22.8 Å². The molecule has 5 nitrogen and oxygen atoms in total. The van der Waals surface area contributed by atoms with E-state index in [1.54, 1.807) is 6.07 Å². The SMILES string of the molecule is O=C1C[C@H](C(F)(F)F)N(C(=O)CSC2=Nc3ccccc3CS2)c2ccccc2N1. The van der Waals surface area contributed by atoms with Gasteiger partial charge >= 0.3 is 6.18 Å². The first kappa shape index (κ1) is 20.8. The van der Waals surface area contributed by atoms with Crippen molar-refractivity contribution in [2.24, 2.45) is 4.99 Å². The number of hydrogen-bond acceptors (Lipinski definition) is 5. The van der Waals surface area contributed by atoms with Crippen LogP contribution >= 0.6 is 23.5 Å². The summed E-state index contributed by atoms with van der Waals surface area (Å²) in [6.45, 7) is 0. The predicted octanol–water partition coefficient (Wildman–Crippen LogP) is 4.96. The second-order valence-electron chi connectivity index (χ2n) is 6.67. The van der Waals surface area contributed by atoms with Crippen LogP contribution < -0.4 is 10.2 Å². The van der Waals surface area contributed by atoms with Gasteiger partial charge in [-0.15, -0.1) is 0 Å². The molecule has 156 valence electrons. The van der Waals surface area contributed by atoms with Gasteiger partial charge in [-0.2, -0.15) is 13.2 Å². The first-order valence-corrected chi connectivity index (χ1v) is 11.0. The fourth-order valence-electron chi connectivity index (χ4n) is 3.27. The highest BCUT2D eigenvalue weighted by Crippen LogP contribution is 2.39. The summed E-state index contributed by atoms with van der Waals surface area (Å²) >= 11 is 2.55. The molecule has 0 unspecified atom stereocenters. The van der Waals surface area contributed by atoms with Crippen molar-refractivity contribution in [2.45, 2.75) is 24.4 Å². The molecule has 0 radical (unpaired) electrons. The molecule has 2 aromatic carbocycles. The summed E-state index contributed by atoms with van der Waals surface area (Å²) in [6.07, 6.45) is -5.59. The van der Waals surface area contributed by atoms with Crippen LogP contribution in [0.2, 0.25) is 0 Å². The van der Waals surface area contributed by atoms with Gasteiger partial charge in [-0.05, 0) is 23.8 Å². The monoisotopic (exact) mass is 451 g/mol. The van der Waals surface area contributed by atoms with Gasteiger partial charge in [0, 0.05) is 5.75 Å². The van der Waals surface area contributed by atoms with Crippen molar-refractivity contribution in [1.82, 2.24) is 0 Å². The summed E-state index contributed by atoms with van der Waals surface area (Å²) in [5, 5.41) is 2.46. The van der Waals surface area contributed by atoms with Crippen molar-refractivity contribution in [3.8, 4) is 0 Å². The van der Waals surface area contributed by atoms with Gasteiger partial charge in [0.2, 0.25) is 11.8 Å². The third kappa shape index (κ3) is 4.34. The Balaban J connectivity index is 1.59. The second kappa shape index (κ2) is 8.35. The van der Waals surface area contributed by atoms with Crippen molar-refractivity contribution in [3.63, 3.8) is 0 Å². The molecule has 0 aliphatic carbocycles. The van der Waals surface area contributed by atoms with E-state index in [1.165, 1.54) is 30.0 Å². The van der Waals surface area contributed by atoms with E-state index in [-0.39, 0.29) is 17.1 Å². The molecular weight excluding hydrogens is 435 g/mol. The highest BCUT2D eigenvalue weighted by atomic mass is 32.2. The van der Waals surface area contributed by atoms with Crippen LogP contribution in [0.4, 0.5) is 30.2 Å². The number of para-hydroxylation sites is 3. The van der Waals surface area contributed by atoms with Gasteiger partial charge in [-0.3, -0.25) is 14.5 Å². The van der Waals surface area contributed by atoms with E-state index in [1.807, 2.05) is 24.3 Å². The Morgan fingerprint density at radius 1 is 1.20 bits per heavy atom. The predicted molar refractivity (Wildman–Crippen MR) is 114 cm³/mol. The van der Waals surface area contributed by atoms with E-state index in [4.69, 9.17) is 0 Å². The topological polar surface area (TPSA) is 61.8 Å². The molecule has 4 rings (SSSR count). The fourth-order valence-corrected chi connectivity index (χ4v) is 5.20. The molecule has 2 heterocycles. The Kier molecular flexibility index (Phi) is 5.79. The lowest BCUT2D eigenvalue weighted by Gasteiger charge is -2.31. The zero-order valence-electron chi connectivity index (χ0n) is 15.5. The fraction of sp³-hybridized carbons (Fsp3) is 0.250. The molecule has 1 N–H and O–H groups in total. The molecule has 30 heavy (non-hydrogen) atoms. The lowest BCUT2D eigenvalue weighted by Crippen LogP contribution is -2.50. The molecule has 1 atom stereocenters. The van der Waals surface area contributed by atoms with Crippen LogP contribution in [0.3, 0.4) is 0 Å². The Labute approximate surface area is 179 Å². The quantitative estimate of drug-likeness (QED) is 0.701. The molecule has 0 saturated heterocycles. The number of carbonyl (C=O) groups is 2. The summed E-state index contributed by atoms with van der Waals surface area (Å²) < 4.78 is 41.9. The maximum Gasteiger partial charge on any atom is 0.409 e. The molecule has 0 saturated carbocycles. The standard InChI is InChI=1S/C20H16F3N3O2S2/c21-20(22,23)16-9-17(27)24-14-7-3-4-8-15(14)26(16)18(28)11-30-19-25-13-6-2-1-5-12(13)10-29-19/h1-8,16H,9-11H2,(H,24,27)/t16-/m1/s1. The number of rotatable bonds is 2. The van der Waals surface area contributed by atoms with Gasteiger partial charge in [0.05, 0.1) is 29.2 Å². The minimum atomic E-state index is -4.74. The number of hydrogen-bond donors (Lipinski definition) is 1. The van der Waals surface area contributed by atoms with Gasteiger partial charge in [0.15, 0.2) is 0 Å². The Morgan fingerprint density at radius 3 is 2.73 bits per heavy atom. The number of nitrogens with zero attached hydrogens (tertiary/aromatic N) is 2. The Hall–Kier alpha value is -2.46. The van der Waals surface area contributed by atoms with Crippen LogP contribution in [-0.2, 0) is 15.3 Å². The number of halogens is 3. The minimum Gasteiger partial charge on any atom is -0.324 e. The third-order valence-electron chi connectivity index (χ3n) is 4.65. The molecule has 2 aliphatic heterocycles. The normalized spacial score (nSPS) is 18.6. The summed E-state index contributed by atoms with van der Waals surface area (Å²) in [5.74, 6) is -1.04. The Morgan fingerprint density at radius 2 is 1.93 bits per heavy atom. The lowest BCUT2D eigenvalue weighted by atomic mass is 10.1. The molecule has 2 aliphatic rings. The summed E-state index contributed by atoms with van der Waals surface area (Å²) in [4.78, 5) is 30.2. The number of amides is 2. The van der Waals surface area contributed by atoms with Gasteiger partial charge in [0.1, 0.15) is 10.4 Å². The number of benzene rings is 2. The van der Waals surface area contributed by atoms with E-state index in [0.717, 1.165) is 23.0 Å². The molecule has 2 amide bonds. The molecule has 0 spiro atoms. The van der Waals surface area contributed by atoms with Crippen molar-refractivity contribution in [2.75, 3.05) is 16.0 Å². The molecular formula is C20H16F3N3O2S2. The summed E-state index contributed by atoms with van der Waals surface area (Å²) in [7, 11) is 0. The van der Waals surface area contributed by atoms with Crippen LogP contribution in [0.5, 0.6) is 0 Å². The van der Waals surface area contributed by atoms with Gasteiger partial charge in [-0.1, -0.05) is 53.9 Å². The first-order chi connectivity index (χ1) is 14.3. The average Bonchev–Trinajstić information content (AvgIpc) is 2.87. The zero-order chi connectivity index (χ0) is 21.3. The number of nitrogens with one attached hydrogen (secondary N) is 1. The van der Waals surface area contributed by atoms with Crippen molar-refractivity contribution in [1.29, 1.82) is 0 Å². The lowest BCUT2D eigenvalue weighted by molar-refractivity contribution is -0.157. The second-order valence-corrected chi connectivity index (χ2v) is 8.86.